The lowest BCUT2D eigenvalue weighted by atomic mass is 10.00. The van der Waals surface area contributed by atoms with Crippen molar-refractivity contribution in [1.29, 1.82) is 0 Å². The molecule has 2 saturated heterocycles. The van der Waals surface area contributed by atoms with Gasteiger partial charge in [-0.15, -0.1) is 0 Å². The molecule has 6 nitrogen and oxygen atoms in total. The van der Waals surface area contributed by atoms with E-state index in [1.54, 1.807) is 6.20 Å². The van der Waals surface area contributed by atoms with Crippen LogP contribution in [0.15, 0.2) is 42.6 Å². The molecule has 4 rings (SSSR count). The summed E-state index contributed by atoms with van der Waals surface area (Å²) in [5.41, 5.74) is 2.44. The summed E-state index contributed by atoms with van der Waals surface area (Å²) in [6.07, 6.45) is 6.54. The average Bonchev–Trinajstić information content (AvgIpc) is 2.80. The first kappa shape index (κ1) is 19.7. The molecule has 0 aliphatic carbocycles. The van der Waals surface area contributed by atoms with Gasteiger partial charge < -0.3 is 19.9 Å². The summed E-state index contributed by atoms with van der Waals surface area (Å²) in [5, 5.41) is 3.07. The van der Waals surface area contributed by atoms with E-state index >= 15 is 0 Å². The number of benzene rings is 1. The van der Waals surface area contributed by atoms with Crippen molar-refractivity contribution in [3.8, 4) is 0 Å². The summed E-state index contributed by atoms with van der Waals surface area (Å²) in [6, 6.07) is 12.4. The molecule has 2 aromatic rings. The van der Waals surface area contributed by atoms with Crippen molar-refractivity contribution in [3.05, 3.63) is 48.2 Å². The highest BCUT2D eigenvalue weighted by Crippen LogP contribution is 2.28. The van der Waals surface area contributed by atoms with Crippen LogP contribution >= 0.6 is 0 Å². The van der Waals surface area contributed by atoms with Crippen LogP contribution in [0.4, 0.5) is 17.2 Å². The number of aromatic nitrogens is 1. The van der Waals surface area contributed by atoms with E-state index in [-0.39, 0.29) is 5.91 Å². The van der Waals surface area contributed by atoms with Gasteiger partial charge in [0, 0.05) is 31.9 Å². The number of morpholine rings is 1. The molecule has 1 aromatic heterocycles. The predicted octanol–water partition coefficient (Wildman–Crippen LogP) is 3.94. The Bertz CT molecular complexity index is 818. The fourth-order valence-corrected chi connectivity index (χ4v) is 4.27. The molecular weight excluding hydrogens is 364 g/mol. The number of hydrogen-bond acceptors (Lipinski definition) is 5. The molecule has 0 spiro atoms. The van der Waals surface area contributed by atoms with Crippen molar-refractivity contribution in [3.63, 3.8) is 0 Å². The zero-order valence-corrected chi connectivity index (χ0v) is 17.1. The highest BCUT2D eigenvalue weighted by Gasteiger charge is 2.22. The van der Waals surface area contributed by atoms with Gasteiger partial charge in [-0.25, -0.2) is 4.98 Å². The molecule has 1 atom stereocenters. The van der Waals surface area contributed by atoms with Gasteiger partial charge in [-0.3, -0.25) is 4.79 Å². The Kier molecular flexibility index (Phi) is 6.30. The average molecular weight is 395 g/mol. The van der Waals surface area contributed by atoms with Crippen LogP contribution in [0.25, 0.3) is 0 Å². The molecule has 1 N–H and O–H groups in total. The third kappa shape index (κ3) is 4.53. The van der Waals surface area contributed by atoms with Crippen molar-refractivity contribution in [1.82, 2.24) is 4.98 Å². The molecule has 29 heavy (non-hydrogen) atoms. The smallest absolute Gasteiger partial charge is 0.257 e. The van der Waals surface area contributed by atoms with E-state index in [1.807, 2.05) is 36.4 Å². The number of rotatable bonds is 5. The molecule has 2 aliphatic heterocycles. The third-order valence-corrected chi connectivity index (χ3v) is 5.91. The maximum Gasteiger partial charge on any atom is 0.257 e. The Morgan fingerprint density at radius 2 is 1.97 bits per heavy atom. The Morgan fingerprint density at radius 3 is 2.72 bits per heavy atom. The molecule has 0 saturated carbocycles. The third-order valence-electron chi connectivity index (χ3n) is 5.91. The SMILES string of the molecule is CCC1CCCCN1c1ccc(C(=O)Nc2ccccc2N2CCOCC2)cn1. The van der Waals surface area contributed by atoms with Crippen molar-refractivity contribution >= 4 is 23.1 Å². The zero-order valence-electron chi connectivity index (χ0n) is 17.1. The first-order chi connectivity index (χ1) is 14.3. The van der Waals surface area contributed by atoms with Gasteiger partial charge in [-0.05, 0) is 49.9 Å². The molecule has 6 heteroatoms. The van der Waals surface area contributed by atoms with E-state index in [0.717, 1.165) is 43.2 Å². The molecule has 3 heterocycles. The lowest BCUT2D eigenvalue weighted by Crippen LogP contribution is -2.39. The minimum absolute atomic E-state index is 0.129. The van der Waals surface area contributed by atoms with Gasteiger partial charge >= 0.3 is 0 Å². The summed E-state index contributed by atoms with van der Waals surface area (Å²) >= 11 is 0. The normalized spacial score (nSPS) is 19.8. The number of hydrogen-bond donors (Lipinski definition) is 1. The zero-order chi connectivity index (χ0) is 20.1. The summed E-state index contributed by atoms with van der Waals surface area (Å²) in [4.78, 5) is 22.1. The van der Waals surface area contributed by atoms with Crippen LogP contribution in [0.1, 0.15) is 43.0 Å². The first-order valence-corrected chi connectivity index (χ1v) is 10.7. The molecule has 1 unspecified atom stereocenters. The number of pyridine rings is 1. The number of para-hydroxylation sites is 2. The molecule has 2 fully saturated rings. The quantitative estimate of drug-likeness (QED) is 0.832. The largest absolute Gasteiger partial charge is 0.378 e. The van der Waals surface area contributed by atoms with E-state index in [9.17, 15) is 4.79 Å². The molecule has 1 amide bonds. The van der Waals surface area contributed by atoms with E-state index in [4.69, 9.17) is 4.74 Å². The second kappa shape index (κ2) is 9.27. The summed E-state index contributed by atoms with van der Waals surface area (Å²) < 4.78 is 5.45. The van der Waals surface area contributed by atoms with E-state index in [2.05, 4.69) is 27.0 Å². The number of ether oxygens (including phenoxy) is 1. The Morgan fingerprint density at radius 1 is 1.14 bits per heavy atom. The summed E-state index contributed by atoms with van der Waals surface area (Å²) in [7, 11) is 0. The fraction of sp³-hybridized carbons (Fsp3) is 0.478. The van der Waals surface area contributed by atoms with Gasteiger partial charge in [0.1, 0.15) is 5.82 Å². The van der Waals surface area contributed by atoms with Crippen LogP contribution < -0.4 is 15.1 Å². The lowest BCUT2D eigenvalue weighted by molar-refractivity contribution is 0.102. The number of nitrogens with zero attached hydrogens (tertiary/aromatic N) is 3. The molecule has 154 valence electrons. The maximum atomic E-state index is 12.8. The number of anilines is 3. The van der Waals surface area contributed by atoms with Gasteiger partial charge in [-0.2, -0.15) is 0 Å². The first-order valence-electron chi connectivity index (χ1n) is 10.7. The van der Waals surface area contributed by atoms with Crippen LogP contribution in [0.3, 0.4) is 0 Å². The van der Waals surface area contributed by atoms with Gasteiger partial charge in [-0.1, -0.05) is 19.1 Å². The Balaban J connectivity index is 1.47. The molecule has 0 radical (unpaired) electrons. The van der Waals surface area contributed by atoms with Crippen LogP contribution in [0.5, 0.6) is 0 Å². The fourth-order valence-electron chi connectivity index (χ4n) is 4.27. The lowest BCUT2D eigenvalue weighted by Gasteiger charge is -2.36. The van der Waals surface area contributed by atoms with Crippen LogP contribution in [0, 0.1) is 0 Å². The second-order valence-electron chi connectivity index (χ2n) is 7.73. The number of carbonyl (C=O) groups is 1. The molecular formula is C23H30N4O2. The van der Waals surface area contributed by atoms with Crippen molar-refractivity contribution in [2.45, 2.75) is 38.6 Å². The number of nitrogens with one attached hydrogen (secondary N) is 1. The van der Waals surface area contributed by atoms with Crippen LogP contribution in [-0.2, 0) is 4.74 Å². The molecule has 0 bridgehead atoms. The minimum atomic E-state index is -0.129. The van der Waals surface area contributed by atoms with Crippen molar-refractivity contribution in [2.24, 2.45) is 0 Å². The minimum Gasteiger partial charge on any atom is -0.378 e. The number of carbonyl (C=O) groups excluding carboxylic acids is 1. The number of piperidine rings is 1. The maximum absolute atomic E-state index is 12.8. The Labute approximate surface area is 172 Å². The van der Waals surface area contributed by atoms with Gasteiger partial charge in [0.15, 0.2) is 0 Å². The standard InChI is InChI=1S/C23H30N4O2/c1-2-19-7-5-6-12-27(19)22-11-10-18(17-24-22)23(28)25-20-8-3-4-9-21(20)26-13-15-29-16-14-26/h3-4,8-11,17,19H,2,5-7,12-16H2,1H3,(H,25,28). The number of amides is 1. The Hall–Kier alpha value is -2.60. The predicted molar refractivity (Wildman–Crippen MR) is 117 cm³/mol. The second-order valence-corrected chi connectivity index (χ2v) is 7.73. The van der Waals surface area contributed by atoms with Crippen molar-refractivity contribution < 1.29 is 9.53 Å². The van der Waals surface area contributed by atoms with Crippen molar-refractivity contribution in [2.75, 3.05) is 48.0 Å². The topological polar surface area (TPSA) is 57.7 Å². The van der Waals surface area contributed by atoms with Gasteiger partial charge in [0.05, 0.1) is 30.2 Å². The summed E-state index contributed by atoms with van der Waals surface area (Å²) in [5.74, 6) is 0.845. The monoisotopic (exact) mass is 394 g/mol. The molecule has 2 aliphatic rings. The van der Waals surface area contributed by atoms with Crippen LogP contribution in [0.2, 0.25) is 0 Å². The highest BCUT2D eigenvalue weighted by molar-refractivity contribution is 6.05. The van der Waals surface area contributed by atoms with Crippen LogP contribution in [-0.4, -0.2) is 49.8 Å². The van der Waals surface area contributed by atoms with Gasteiger partial charge in [0.2, 0.25) is 0 Å². The van der Waals surface area contributed by atoms with Gasteiger partial charge in [0.25, 0.3) is 5.91 Å². The van der Waals surface area contributed by atoms with E-state index in [1.165, 1.54) is 19.3 Å². The highest BCUT2D eigenvalue weighted by atomic mass is 16.5. The molecule has 1 aromatic carbocycles. The summed E-state index contributed by atoms with van der Waals surface area (Å²) in [6.45, 7) is 6.36. The van der Waals surface area contributed by atoms with E-state index < -0.39 is 0 Å². The van der Waals surface area contributed by atoms with E-state index in [0.29, 0.717) is 24.8 Å².